The number of sulfonamides is 1. The molecule has 6 nitrogen and oxygen atoms in total. The molecule has 1 unspecified atom stereocenters. The van der Waals surface area contributed by atoms with Gasteiger partial charge in [0.25, 0.3) is 15.9 Å². The third kappa shape index (κ3) is 4.88. The van der Waals surface area contributed by atoms with Crippen LogP contribution in [0.15, 0.2) is 71.6 Å². The third-order valence-corrected chi connectivity index (χ3v) is 6.77. The zero-order chi connectivity index (χ0) is 22.6. The molecule has 162 valence electrons. The lowest BCUT2D eigenvalue weighted by Crippen LogP contribution is -2.28. The van der Waals surface area contributed by atoms with Gasteiger partial charge in [0.15, 0.2) is 0 Å². The first-order valence-electron chi connectivity index (χ1n) is 9.86. The number of para-hydroxylation sites is 1. The first-order valence-corrected chi connectivity index (χ1v) is 11.3. The fraction of sp³-hybridized carbons (Fsp3) is 0.208. The van der Waals surface area contributed by atoms with Crippen LogP contribution in [0, 0.1) is 13.8 Å². The molecule has 0 aliphatic heterocycles. The molecule has 2 N–H and O–H groups in total. The summed E-state index contributed by atoms with van der Waals surface area (Å²) in [5, 5.41) is 2.92. The van der Waals surface area contributed by atoms with E-state index in [-0.39, 0.29) is 28.1 Å². The molecule has 0 aromatic heterocycles. The van der Waals surface area contributed by atoms with Crippen LogP contribution in [0.3, 0.4) is 0 Å². The highest BCUT2D eigenvalue weighted by Crippen LogP contribution is 2.29. The van der Waals surface area contributed by atoms with Gasteiger partial charge >= 0.3 is 0 Å². The standard InChI is InChI=1S/C24H26N2O4S/c1-16-17(2)23(15-14-22(16)30-4)31(28,29)26-21-13-9-8-12-20(21)24(27)25-18(3)19-10-6-5-7-11-19/h5-15,18,26H,1-4H3,(H,25,27). The van der Waals surface area contributed by atoms with E-state index in [1.54, 1.807) is 51.3 Å². The van der Waals surface area contributed by atoms with Gasteiger partial charge in [-0.1, -0.05) is 42.5 Å². The van der Waals surface area contributed by atoms with Crippen LogP contribution >= 0.6 is 0 Å². The molecule has 0 aliphatic carbocycles. The Morgan fingerprint density at radius 2 is 1.55 bits per heavy atom. The highest BCUT2D eigenvalue weighted by atomic mass is 32.2. The van der Waals surface area contributed by atoms with Crippen LogP contribution in [-0.4, -0.2) is 21.4 Å². The number of hydrogen-bond acceptors (Lipinski definition) is 4. The molecular formula is C24H26N2O4S. The molecule has 0 saturated carbocycles. The van der Waals surface area contributed by atoms with Crippen molar-refractivity contribution in [2.24, 2.45) is 0 Å². The predicted octanol–water partition coefficient (Wildman–Crippen LogP) is 4.60. The number of benzene rings is 3. The van der Waals surface area contributed by atoms with Gasteiger partial charge in [0.1, 0.15) is 5.75 Å². The van der Waals surface area contributed by atoms with E-state index < -0.39 is 10.0 Å². The normalized spacial score (nSPS) is 12.1. The van der Waals surface area contributed by atoms with Crippen molar-refractivity contribution in [2.45, 2.75) is 31.7 Å². The van der Waals surface area contributed by atoms with Crippen molar-refractivity contribution in [1.29, 1.82) is 0 Å². The molecule has 3 aromatic carbocycles. The maximum absolute atomic E-state index is 13.1. The van der Waals surface area contributed by atoms with Crippen LogP contribution < -0.4 is 14.8 Å². The first kappa shape index (κ1) is 22.4. The summed E-state index contributed by atoms with van der Waals surface area (Å²) in [6.07, 6.45) is 0. The van der Waals surface area contributed by atoms with Gasteiger partial charge in [0.2, 0.25) is 0 Å². The Labute approximate surface area is 183 Å². The van der Waals surface area contributed by atoms with Crippen LogP contribution in [0.2, 0.25) is 0 Å². The van der Waals surface area contributed by atoms with Crippen LogP contribution in [0.5, 0.6) is 5.75 Å². The molecule has 0 saturated heterocycles. The van der Waals surface area contributed by atoms with E-state index in [4.69, 9.17) is 4.74 Å². The summed E-state index contributed by atoms with van der Waals surface area (Å²) in [6.45, 7) is 5.41. The lowest BCUT2D eigenvalue weighted by Gasteiger charge is -2.18. The Hall–Kier alpha value is -3.32. The Morgan fingerprint density at radius 3 is 2.23 bits per heavy atom. The Balaban J connectivity index is 1.88. The monoisotopic (exact) mass is 438 g/mol. The van der Waals surface area contributed by atoms with Crippen LogP contribution in [0.4, 0.5) is 5.69 Å². The molecule has 0 aliphatic rings. The fourth-order valence-electron chi connectivity index (χ4n) is 3.35. The summed E-state index contributed by atoms with van der Waals surface area (Å²) in [6, 6.07) is 19.0. The average Bonchev–Trinajstić information content (AvgIpc) is 2.76. The van der Waals surface area contributed by atoms with Gasteiger partial charge in [-0.15, -0.1) is 0 Å². The summed E-state index contributed by atoms with van der Waals surface area (Å²) in [5.74, 6) is 0.253. The largest absolute Gasteiger partial charge is 0.496 e. The molecule has 0 bridgehead atoms. The molecule has 0 fully saturated rings. The van der Waals surface area contributed by atoms with Crippen LogP contribution in [-0.2, 0) is 10.0 Å². The highest BCUT2D eigenvalue weighted by Gasteiger charge is 2.22. The molecule has 3 aromatic rings. The Bertz CT molecular complexity index is 1190. The van der Waals surface area contributed by atoms with E-state index in [2.05, 4.69) is 10.0 Å². The summed E-state index contributed by atoms with van der Waals surface area (Å²) in [5.41, 5.74) is 2.75. The number of methoxy groups -OCH3 is 1. The van der Waals surface area contributed by atoms with Gasteiger partial charge < -0.3 is 10.1 Å². The number of amides is 1. The van der Waals surface area contributed by atoms with Crippen molar-refractivity contribution in [1.82, 2.24) is 5.32 Å². The summed E-state index contributed by atoms with van der Waals surface area (Å²) < 4.78 is 34.1. The lowest BCUT2D eigenvalue weighted by atomic mass is 10.1. The molecule has 0 heterocycles. The smallest absolute Gasteiger partial charge is 0.262 e. The number of anilines is 1. The third-order valence-electron chi connectivity index (χ3n) is 5.26. The summed E-state index contributed by atoms with van der Waals surface area (Å²) in [4.78, 5) is 13.1. The Kier molecular flexibility index (Phi) is 6.65. The maximum Gasteiger partial charge on any atom is 0.262 e. The fourth-order valence-corrected chi connectivity index (χ4v) is 4.73. The predicted molar refractivity (Wildman–Crippen MR) is 122 cm³/mol. The molecule has 0 radical (unpaired) electrons. The number of hydrogen-bond donors (Lipinski definition) is 2. The van der Waals surface area contributed by atoms with Gasteiger partial charge in [-0.2, -0.15) is 0 Å². The molecule has 0 spiro atoms. The van der Waals surface area contributed by atoms with Crippen molar-refractivity contribution in [3.05, 3.63) is 89.0 Å². The molecule has 3 rings (SSSR count). The van der Waals surface area contributed by atoms with E-state index in [9.17, 15) is 13.2 Å². The molecule has 31 heavy (non-hydrogen) atoms. The van der Waals surface area contributed by atoms with E-state index in [1.165, 1.54) is 6.07 Å². The van der Waals surface area contributed by atoms with E-state index in [0.717, 1.165) is 11.1 Å². The number of nitrogens with one attached hydrogen (secondary N) is 2. The van der Waals surface area contributed by atoms with Crippen molar-refractivity contribution < 1.29 is 17.9 Å². The van der Waals surface area contributed by atoms with Gasteiger partial charge in [0.05, 0.1) is 29.3 Å². The van der Waals surface area contributed by atoms with Crippen molar-refractivity contribution in [2.75, 3.05) is 11.8 Å². The van der Waals surface area contributed by atoms with E-state index >= 15 is 0 Å². The average molecular weight is 439 g/mol. The summed E-state index contributed by atoms with van der Waals surface area (Å²) >= 11 is 0. The maximum atomic E-state index is 13.1. The minimum Gasteiger partial charge on any atom is -0.496 e. The van der Waals surface area contributed by atoms with Gasteiger partial charge in [-0.05, 0) is 61.7 Å². The number of carbonyl (C=O) groups excluding carboxylic acids is 1. The first-order chi connectivity index (χ1) is 14.7. The number of rotatable bonds is 7. The second-order valence-corrected chi connectivity index (χ2v) is 8.92. The minimum absolute atomic E-state index is 0.138. The van der Waals surface area contributed by atoms with Crippen molar-refractivity contribution in [3.63, 3.8) is 0 Å². The van der Waals surface area contributed by atoms with Crippen LogP contribution in [0.25, 0.3) is 0 Å². The van der Waals surface area contributed by atoms with Gasteiger partial charge in [-0.25, -0.2) is 8.42 Å². The quantitative estimate of drug-likeness (QED) is 0.564. The molecular weight excluding hydrogens is 412 g/mol. The lowest BCUT2D eigenvalue weighted by molar-refractivity contribution is 0.0941. The topological polar surface area (TPSA) is 84.5 Å². The van der Waals surface area contributed by atoms with Crippen molar-refractivity contribution in [3.8, 4) is 5.75 Å². The van der Waals surface area contributed by atoms with E-state index in [0.29, 0.717) is 11.3 Å². The molecule has 1 amide bonds. The molecule has 7 heteroatoms. The van der Waals surface area contributed by atoms with Crippen LogP contribution in [0.1, 0.15) is 40.0 Å². The second kappa shape index (κ2) is 9.22. The van der Waals surface area contributed by atoms with Gasteiger partial charge in [0, 0.05) is 0 Å². The Morgan fingerprint density at radius 1 is 0.903 bits per heavy atom. The molecule has 1 atom stereocenters. The minimum atomic E-state index is -3.91. The van der Waals surface area contributed by atoms with Gasteiger partial charge in [-0.3, -0.25) is 9.52 Å². The second-order valence-electron chi connectivity index (χ2n) is 7.27. The van der Waals surface area contributed by atoms with Crippen molar-refractivity contribution >= 4 is 21.6 Å². The number of ether oxygens (including phenoxy) is 1. The summed E-state index contributed by atoms with van der Waals surface area (Å²) in [7, 11) is -2.37. The highest BCUT2D eigenvalue weighted by molar-refractivity contribution is 7.92. The zero-order valence-corrected chi connectivity index (χ0v) is 18.8. The SMILES string of the molecule is COc1ccc(S(=O)(=O)Nc2ccccc2C(=O)NC(C)c2ccccc2)c(C)c1C. The van der Waals surface area contributed by atoms with E-state index in [1.807, 2.05) is 37.3 Å². The number of carbonyl (C=O) groups is 1. The zero-order valence-electron chi connectivity index (χ0n) is 18.0.